The van der Waals surface area contributed by atoms with Gasteiger partial charge in [-0.1, -0.05) is 24.3 Å². The second-order valence-electron chi connectivity index (χ2n) is 5.77. The third kappa shape index (κ3) is 3.91. The van der Waals surface area contributed by atoms with Crippen LogP contribution in [-0.4, -0.2) is 22.8 Å². The second kappa shape index (κ2) is 7.82. The molecule has 0 aliphatic carbocycles. The van der Waals surface area contributed by atoms with Gasteiger partial charge in [0.1, 0.15) is 11.6 Å². The van der Waals surface area contributed by atoms with E-state index < -0.39 is 0 Å². The highest BCUT2D eigenvalue weighted by molar-refractivity contribution is 5.93. The Morgan fingerprint density at radius 2 is 1.96 bits per heavy atom. The molecular formula is C20H20FN3O2. The predicted octanol–water partition coefficient (Wildman–Crippen LogP) is 3.65. The van der Waals surface area contributed by atoms with Crippen LogP contribution in [0.25, 0.3) is 11.3 Å². The van der Waals surface area contributed by atoms with E-state index in [-0.39, 0.29) is 11.7 Å². The molecule has 134 valence electrons. The van der Waals surface area contributed by atoms with Crippen molar-refractivity contribution >= 4 is 5.91 Å². The highest BCUT2D eigenvalue weighted by Crippen LogP contribution is 2.24. The van der Waals surface area contributed by atoms with Crippen LogP contribution in [0.2, 0.25) is 0 Å². The van der Waals surface area contributed by atoms with Crippen LogP contribution in [0.15, 0.2) is 54.6 Å². The summed E-state index contributed by atoms with van der Waals surface area (Å²) in [6.45, 7) is 2.92. The summed E-state index contributed by atoms with van der Waals surface area (Å²) < 4.78 is 20.0. The first-order chi connectivity index (χ1) is 12.6. The third-order valence-corrected chi connectivity index (χ3v) is 4.04. The van der Waals surface area contributed by atoms with Gasteiger partial charge in [-0.2, -0.15) is 5.10 Å². The molecule has 1 heterocycles. The Morgan fingerprint density at radius 3 is 2.65 bits per heavy atom. The minimum Gasteiger partial charge on any atom is -0.497 e. The molecule has 0 unspecified atom stereocenters. The SMILES string of the molecule is CCn1nc(C(=O)NCc2ccc(F)cc2)cc1-c1cccc(OC)c1. The van der Waals surface area contributed by atoms with E-state index in [9.17, 15) is 9.18 Å². The molecule has 0 radical (unpaired) electrons. The molecule has 3 rings (SSSR count). The summed E-state index contributed by atoms with van der Waals surface area (Å²) in [4.78, 5) is 12.4. The number of hydrogen-bond acceptors (Lipinski definition) is 3. The Kier molecular flexibility index (Phi) is 5.31. The van der Waals surface area contributed by atoms with E-state index in [0.29, 0.717) is 18.8 Å². The van der Waals surface area contributed by atoms with Gasteiger partial charge in [-0.25, -0.2) is 4.39 Å². The van der Waals surface area contributed by atoms with Crippen LogP contribution in [0, 0.1) is 5.82 Å². The zero-order chi connectivity index (χ0) is 18.5. The summed E-state index contributed by atoms with van der Waals surface area (Å²) >= 11 is 0. The highest BCUT2D eigenvalue weighted by Gasteiger charge is 2.15. The Balaban J connectivity index is 1.78. The van der Waals surface area contributed by atoms with Crippen molar-refractivity contribution in [2.75, 3.05) is 7.11 Å². The molecule has 1 amide bonds. The smallest absolute Gasteiger partial charge is 0.272 e. The van der Waals surface area contributed by atoms with Crippen LogP contribution in [0.1, 0.15) is 23.0 Å². The number of rotatable bonds is 6. The number of aryl methyl sites for hydroxylation is 1. The van der Waals surface area contributed by atoms with Crippen LogP contribution in [0.4, 0.5) is 4.39 Å². The van der Waals surface area contributed by atoms with E-state index in [4.69, 9.17) is 4.74 Å². The summed E-state index contributed by atoms with van der Waals surface area (Å²) in [5.41, 5.74) is 2.93. The number of nitrogens with one attached hydrogen (secondary N) is 1. The van der Waals surface area contributed by atoms with Crippen molar-refractivity contribution in [2.24, 2.45) is 0 Å². The minimum absolute atomic E-state index is 0.273. The van der Waals surface area contributed by atoms with Crippen molar-refractivity contribution in [1.29, 1.82) is 0 Å². The van der Waals surface area contributed by atoms with Gasteiger partial charge in [-0.3, -0.25) is 9.48 Å². The normalized spacial score (nSPS) is 10.6. The summed E-state index contributed by atoms with van der Waals surface area (Å²) in [6, 6.07) is 15.4. The van der Waals surface area contributed by atoms with Crippen LogP contribution in [0.3, 0.4) is 0 Å². The van der Waals surface area contributed by atoms with Gasteiger partial charge in [0, 0.05) is 18.7 Å². The quantitative estimate of drug-likeness (QED) is 0.736. The zero-order valence-electron chi connectivity index (χ0n) is 14.7. The van der Waals surface area contributed by atoms with E-state index in [1.165, 1.54) is 12.1 Å². The van der Waals surface area contributed by atoms with Crippen molar-refractivity contribution < 1.29 is 13.9 Å². The fraction of sp³-hybridized carbons (Fsp3) is 0.200. The topological polar surface area (TPSA) is 56.2 Å². The predicted molar refractivity (Wildman–Crippen MR) is 97.5 cm³/mol. The van der Waals surface area contributed by atoms with Crippen LogP contribution < -0.4 is 10.1 Å². The first kappa shape index (κ1) is 17.7. The van der Waals surface area contributed by atoms with E-state index in [1.807, 2.05) is 31.2 Å². The average molecular weight is 353 g/mol. The molecule has 1 aromatic heterocycles. The molecule has 1 N–H and O–H groups in total. The van der Waals surface area contributed by atoms with Crippen molar-refractivity contribution in [2.45, 2.75) is 20.0 Å². The maximum atomic E-state index is 12.9. The molecule has 0 aliphatic heterocycles. The molecule has 26 heavy (non-hydrogen) atoms. The molecule has 0 saturated carbocycles. The van der Waals surface area contributed by atoms with E-state index in [1.54, 1.807) is 30.0 Å². The molecule has 3 aromatic rings. The lowest BCUT2D eigenvalue weighted by Gasteiger charge is -2.06. The summed E-state index contributed by atoms with van der Waals surface area (Å²) in [5.74, 6) is 0.170. The lowest BCUT2D eigenvalue weighted by molar-refractivity contribution is 0.0945. The highest BCUT2D eigenvalue weighted by atomic mass is 19.1. The fourth-order valence-corrected chi connectivity index (χ4v) is 2.66. The van der Waals surface area contributed by atoms with Crippen molar-refractivity contribution in [3.05, 3.63) is 71.7 Å². The van der Waals surface area contributed by atoms with Gasteiger partial charge in [-0.05, 0) is 42.8 Å². The third-order valence-electron chi connectivity index (χ3n) is 4.04. The molecular weight excluding hydrogens is 333 g/mol. The molecule has 0 fully saturated rings. The number of halogens is 1. The molecule has 0 aliphatic rings. The van der Waals surface area contributed by atoms with Crippen LogP contribution >= 0.6 is 0 Å². The number of hydrogen-bond donors (Lipinski definition) is 1. The molecule has 5 nitrogen and oxygen atoms in total. The Hall–Kier alpha value is -3.15. The van der Waals surface area contributed by atoms with Gasteiger partial charge in [0.25, 0.3) is 5.91 Å². The molecule has 0 bridgehead atoms. The summed E-state index contributed by atoms with van der Waals surface area (Å²) in [6.07, 6.45) is 0. The van der Waals surface area contributed by atoms with Crippen molar-refractivity contribution in [3.8, 4) is 17.0 Å². The standard InChI is InChI=1S/C20H20FN3O2/c1-3-24-19(15-5-4-6-17(11-15)26-2)12-18(23-24)20(25)22-13-14-7-9-16(21)10-8-14/h4-12H,3,13H2,1-2H3,(H,22,25). The maximum absolute atomic E-state index is 12.9. The Labute approximate surface area is 151 Å². The average Bonchev–Trinajstić information content (AvgIpc) is 3.12. The summed E-state index contributed by atoms with van der Waals surface area (Å²) in [7, 11) is 1.62. The van der Waals surface area contributed by atoms with Crippen molar-refractivity contribution in [1.82, 2.24) is 15.1 Å². The number of benzene rings is 2. The molecule has 2 aromatic carbocycles. The largest absolute Gasteiger partial charge is 0.497 e. The number of nitrogens with zero attached hydrogens (tertiary/aromatic N) is 2. The number of methoxy groups -OCH3 is 1. The number of aromatic nitrogens is 2. The van der Waals surface area contributed by atoms with Gasteiger partial charge in [0.2, 0.25) is 0 Å². The number of carbonyl (C=O) groups is 1. The van der Waals surface area contributed by atoms with Gasteiger partial charge < -0.3 is 10.1 Å². The van der Waals surface area contributed by atoms with Gasteiger partial charge >= 0.3 is 0 Å². The molecule has 6 heteroatoms. The zero-order valence-corrected chi connectivity index (χ0v) is 14.7. The van der Waals surface area contributed by atoms with Crippen LogP contribution in [-0.2, 0) is 13.1 Å². The van der Waals surface area contributed by atoms with E-state index in [2.05, 4.69) is 10.4 Å². The van der Waals surface area contributed by atoms with E-state index in [0.717, 1.165) is 22.6 Å². The second-order valence-corrected chi connectivity index (χ2v) is 5.77. The monoisotopic (exact) mass is 353 g/mol. The Bertz CT molecular complexity index is 904. The maximum Gasteiger partial charge on any atom is 0.272 e. The summed E-state index contributed by atoms with van der Waals surface area (Å²) in [5, 5.41) is 7.20. The van der Waals surface area contributed by atoms with Crippen LogP contribution in [0.5, 0.6) is 5.75 Å². The van der Waals surface area contributed by atoms with Gasteiger partial charge in [0.15, 0.2) is 5.69 Å². The van der Waals surface area contributed by atoms with Gasteiger partial charge in [0.05, 0.1) is 12.8 Å². The van der Waals surface area contributed by atoms with Crippen molar-refractivity contribution in [3.63, 3.8) is 0 Å². The first-order valence-electron chi connectivity index (χ1n) is 8.35. The van der Waals surface area contributed by atoms with E-state index >= 15 is 0 Å². The fourth-order valence-electron chi connectivity index (χ4n) is 2.66. The number of carbonyl (C=O) groups excluding carboxylic acids is 1. The first-order valence-corrected chi connectivity index (χ1v) is 8.35. The van der Waals surface area contributed by atoms with Gasteiger partial charge in [-0.15, -0.1) is 0 Å². The lowest BCUT2D eigenvalue weighted by Crippen LogP contribution is -2.23. The number of ether oxygens (including phenoxy) is 1. The Morgan fingerprint density at radius 1 is 1.19 bits per heavy atom. The number of amides is 1. The molecule has 0 atom stereocenters. The minimum atomic E-state index is -0.301. The molecule has 0 spiro atoms. The molecule has 0 saturated heterocycles. The lowest BCUT2D eigenvalue weighted by atomic mass is 10.1.